The lowest BCUT2D eigenvalue weighted by molar-refractivity contribution is -0.271. The van der Waals surface area contributed by atoms with E-state index in [-0.39, 0.29) is 0 Å². The molecule has 0 spiro atoms. The van der Waals surface area contributed by atoms with Gasteiger partial charge in [-0.05, 0) is 38.5 Å². The highest BCUT2D eigenvalue weighted by Crippen LogP contribution is 2.09. The van der Waals surface area contributed by atoms with Crippen molar-refractivity contribution in [1.82, 2.24) is 0 Å². The number of hydrogen-bond acceptors (Lipinski definition) is 2. The third-order valence-corrected chi connectivity index (χ3v) is 3.53. The van der Waals surface area contributed by atoms with Crippen LogP contribution in [0.25, 0.3) is 0 Å². The molecule has 0 aliphatic rings. The Morgan fingerprint density at radius 3 is 1.62 bits per heavy atom. The van der Waals surface area contributed by atoms with E-state index >= 15 is 0 Å². The van der Waals surface area contributed by atoms with E-state index in [0.29, 0.717) is 6.61 Å². The molecule has 0 unspecified atom stereocenters. The van der Waals surface area contributed by atoms with Crippen molar-refractivity contribution in [2.24, 2.45) is 0 Å². The molecule has 0 fully saturated rings. The van der Waals surface area contributed by atoms with Crippen molar-refractivity contribution >= 4 is 0 Å². The van der Waals surface area contributed by atoms with Gasteiger partial charge in [0.25, 0.3) is 0 Å². The summed E-state index contributed by atoms with van der Waals surface area (Å²) < 4.78 is 0. The maximum Gasteiger partial charge on any atom is 0.0856 e. The largest absolute Gasteiger partial charge is 0.240 e. The van der Waals surface area contributed by atoms with E-state index in [1.165, 1.54) is 70.6 Å². The minimum absolute atomic E-state index is 0.653. The highest BCUT2D eigenvalue weighted by atomic mass is 17.2. The molecule has 0 amide bonds. The van der Waals surface area contributed by atoms with Gasteiger partial charge in [0, 0.05) is 0 Å². The van der Waals surface area contributed by atoms with Gasteiger partial charge in [0.05, 0.1) is 13.7 Å². The molecule has 0 heterocycles. The molecule has 2 heteroatoms. The van der Waals surface area contributed by atoms with E-state index in [9.17, 15) is 0 Å². The normalized spacial score (nSPS) is 11.9. The van der Waals surface area contributed by atoms with Crippen LogP contribution in [-0.4, -0.2) is 13.7 Å². The summed E-state index contributed by atoms with van der Waals surface area (Å²) in [5, 5.41) is 0. The quantitative estimate of drug-likeness (QED) is 0.142. The van der Waals surface area contributed by atoms with Crippen molar-refractivity contribution in [2.75, 3.05) is 13.7 Å². The van der Waals surface area contributed by atoms with Gasteiger partial charge >= 0.3 is 0 Å². The first-order valence-electron chi connectivity index (χ1n) is 8.87. The molecule has 2 nitrogen and oxygen atoms in total. The van der Waals surface area contributed by atoms with Gasteiger partial charge in [-0.2, -0.15) is 0 Å². The van der Waals surface area contributed by atoms with Gasteiger partial charge in [-0.25, -0.2) is 9.78 Å². The smallest absolute Gasteiger partial charge is 0.0856 e. The second-order valence-electron chi connectivity index (χ2n) is 5.56. The molecular weight excluding hydrogens is 260 g/mol. The van der Waals surface area contributed by atoms with Gasteiger partial charge in [0.2, 0.25) is 0 Å². The molecule has 0 aromatic heterocycles. The summed E-state index contributed by atoms with van der Waals surface area (Å²) in [6.07, 6.45) is 24.7. The highest BCUT2D eigenvalue weighted by molar-refractivity contribution is 4.81. The molecule has 0 radical (unpaired) electrons. The van der Waals surface area contributed by atoms with E-state index in [0.717, 1.165) is 6.42 Å². The molecular formula is C19H36O2. The van der Waals surface area contributed by atoms with E-state index < -0.39 is 0 Å². The fourth-order valence-electron chi connectivity index (χ4n) is 2.22. The molecule has 0 aliphatic heterocycles. The van der Waals surface area contributed by atoms with Crippen molar-refractivity contribution in [1.29, 1.82) is 0 Å². The Morgan fingerprint density at radius 1 is 0.619 bits per heavy atom. The van der Waals surface area contributed by atoms with Crippen LogP contribution in [0.5, 0.6) is 0 Å². The highest BCUT2D eigenvalue weighted by Gasteiger charge is 1.90. The van der Waals surface area contributed by atoms with Crippen LogP contribution in [0.3, 0.4) is 0 Å². The summed E-state index contributed by atoms with van der Waals surface area (Å²) in [6, 6.07) is 0. The zero-order valence-corrected chi connectivity index (χ0v) is 14.3. The van der Waals surface area contributed by atoms with Crippen molar-refractivity contribution < 1.29 is 9.78 Å². The first-order chi connectivity index (χ1) is 10.4. The third kappa shape index (κ3) is 19.4. The predicted octanol–water partition coefficient (Wildman–Crippen LogP) is 6.38. The minimum Gasteiger partial charge on any atom is -0.240 e. The van der Waals surface area contributed by atoms with Crippen molar-refractivity contribution in [3.05, 3.63) is 24.3 Å². The number of unbranched alkanes of at least 4 members (excludes halogenated alkanes) is 9. The van der Waals surface area contributed by atoms with E-state index in [1.54, 1.807) is 7.11 Å². The lowest BCUT2D eigenvalue weighted by Crippen LogP contribution is -1.89. The average Bonchev–Trinajstić information content (AvgIpc) is 2.50. The van der Waals surface area contributed by atoms with Crippen LogP contribution in [0, 0.1) is 0 Å². The lowest BCUT2D eigenvalue weighted by Gasteiger charge is -1.99. The summed E-state index contributed by atoms with van der Waals surface area (Å²) in [7, 11) is 1.55. The van der Waals surface area contributed by atoms with Gasteiger partial charge in [-0.3, -0.25) is 0 Å². The molecule has 0 aromatic rings. The Hall–Kier alpha value is -0.600. The second-order valence-corrected chi connectivity index (χ2v) is 5.56. The Balaban J connectivity index is 3.07. The topological polar surface area (TPSA) is 18.5 Å². The van der Waals surface area contributed by atoms with E-state index in [4.69, 9.17) is 4.89 Å². The fraction of sp³-hybridized carbons (Fsp3) is 0.789. The van der Waals surface area contributed by atoms with Crippen LogP contribution >= 0.6 is 0 Å². The number of hydrogen-bond donors (Lipinski definition) is 0. The summed E-state index contributed by atoms with van der Waals surface area (Å²) in [5.41, 5.74) is 0. The summed E-state index contributed by atoms with van der Waals surface area (Å²) in [5.74, 6) is 0. The number of allylic oxidation sites excluding steroid dienone is 3. The first-order valence-corrected chi connectivity index (χ1v) is 8.87. The molecule has 0 saturated heterocycles. The third-order valence-electron chi connectivity index (χ3n) is 3.53. The molecule has 0 N–H and O–H groups in total. The Labute approximate surface area is 132 Å². The summed E-state index contributed by atoms with van der Waals surface area (Å²) in [4.78, 5) is 9.32. The van der Waals surface area contributed by atoms with Crippen molar-refractivity contribution in [3.8, 4) is 0 Å². The summed E-state index contributed by atoms with van der Waals surface area (Å²) in [6.45, 7) is 2.90. The fourth-order valence-corrected chi connectivity index (χ4v) is 2.22. The standard InChI is InChI=1S/C19H36O2/c1-3-4-5-6-7-8-9-10-11-12-13-14-15-16-17-18-19-21-20-2/h6-7,16-17H,3-5,8-15,18-19H2,1-2H3/b7-6+,17-16-. The van der Waals surface area contributed by atoms with Crippen LogP contribution in [0.1, 0.15) is 84.0 Å². The van der Waals surface area contributed by atoms with Crippen molar-refractivity contribution in [2.45, 2.75) is 84.0 Å². The van der Waals surface area contributed by atoms with Crippen molar-refractivity contribution in [3.63, 3.8) is 0 Å². The molecule has 0 aliphatic carbocycles. The molecule has 0 saturated carbocycles. The van der Waals surface area contributed by atoms with Gasteiger partial charge in [-0.15, -0.1) is 0 Å². The van der Waals surface area contributed by atoms with Crippen LogP contribution in [0.15, 0.2) is 24.3 Å². The zero-order chi connectivity index (χ0) is 15.4. The van der Waals surface area contributed by atoms with Crippen LogP contribution < -0.4 is 0 Å². The Kier molecular flexibility index (Phi) is 18.8. The van der Waals surface area contributed by atoms with Gasteiger partial charge in [0.15, 0.2) is 0 Å². The predicted molar refractivity (Wildman–Crippen MR) is 92.3 cm³/mol. The SMILES string of the molecule is CCCC/C=C/CCCCCCCC/C=C\CCOOC. The minimum atomic E-state index is 0.653. The van der Waals surface area contributed by atoms with Crippen LogP contribution in [0.4, 0.5) is 0 Å². The second kappa shape index (κ2) is 19.4. The molecule has 0 bridgehead atoms. The Morgan fingerprint density at radius 2 is 1.10 bits per heavy atom. The maximum atomic E-state index is 4.80. The van der Waals surface area contributed by atoms with Crippen LogP contribution in [-0.2, 0) is 9.78 Å². The molecule has 0 atom stereocenters. The maximum absolute atomic E-state index is 4.80. The summed E-state index contributed by atoms with van der Waals surface area (Å²) >= 11 is 0. The van der Waals surface area contributed by atoms with Gasteiger partial charge in [0.1, 0.15) is 0 Å². The van der Waals surface area contributed by atoms with E-state index in [2.05, 4.69) is 36.1 Å². The molecule has 21 heavy (non-hydrogen) atoms. The van der Waals surface area contributed by atoms with Gasteiger partial charge < -0.3 is 0 Å². The zero-order valence-electron chi connectivity index (χ0n) is 14.3. The average molecular weight is 296 g/mol. The molecule has 0 aromatic carbocycles. The molecule has 124 valence electrons. The lowest BCUT2D eigenvalue weighted by atomic mass is 10.1. The van der Waals surface area contributed by atoms with Crippen LogP contribution in [0.2, 0.25) is 0 Å². The first kappa shape index (κ1) is 20.4. The monoisotopic (exact) mass is 296 g/mol. The van der Waals surface area contributed by atoms with E-state index in [1.807, 2.05) is 0 Å². The Bertz CT molecular complexity index is 234. The van der Waals surface area contributed by atoms with Gasteiger partial charge in [-0.1, -0.05) is 69.8 Å². The number of rotatable bonds is 16. The molecule has 0 rings (SSSR count).